The average molecular weight is 364 g/mol. The van der Waals surface area contributed by atoms with E-state index in [4.69, 9.17) is 21.1 Å². The molecule has 1 atom stereocenters. The van der Waals surface area contributed by atoms with Crippen LogP contribution in [0.5, 0.6) is 11.5 Å². The number of hydrogen-bond acceptors (Lipinski definition) is 4. The maximum Gasteiger partial charge on any atom is 0.341 e. The molecule has 25 heavy (non-hydrogen) atoms. The van der Waals surface area contributed by atoms with Gasteiger partial charge in [0.05, 0.1) is 23.9 Å². The number of fused-ring (bicyclic) bond motifs is 3. The van der Waals surface area contributed by atoms with Gasteiger partial charge in [-0.05, 0) is 12.0 Å². The molecule has 0 fully saturated rings. The van der Waals surface area contributed by atoms with Crippen molar-refractivity contribution in [3.05, 3.63) is 45.2 Å². The standard InChI is InChI=1S/C18H18ClNO5/c1-9(2)14-8-25-16-6-17(24-3)12(19)4-10(16)13-5-15(21)11(18(22)23)7-20(13)14/h4-7,9,14H,8H2,1-3H3,(H,22,23)/t14-/m1/s1. The highest BCUT2D eigenvalue weighted by Crippen LogP contribution is 2.41. The second kappa shape index (κ2) is 6.44. The van der Waals surface area contributed by atoms with Crippen LogP contribution in [0.2, 0.25) is 5.02 Å². The molecular weight excluding hydrogens is 346 g/mol. The van der Waals surface area contributed by atoms with Crippen molar-refractivity contribution >= 4 is 17.6 Å². The maximum absolute atomic E-state index is 12.2. The van der Waals surface area contributed by atoms with Gasteiger partial charge in [-0.25, -0.2) is 4.79 Å². The molecule has 6 nitrogen and oxygen atoms in total. The van der Waals surface area contributed by atoms with E-state index in [1.807, 2.05) is 13.8 Å². The van der Waals surface area contributed by atoms with Gasteiger partial charge < -0.3 is 19.1 Å². The Balaban J connectivity index is 2.33. The maximum atomic E-state index is 12.2. The van der Waals surface area contributed by atoms with Gasteiger partial charge in [0.15, 0.2) is 5.43 Å². The molecular formula is C18H18ClNO5. The van der Waals surface area contributed by atoms with Gasteiger partial charge in [-0.3, -0.25) is 4.79 Å². The lowest BCUT2D eigenvalue weighted by molar-refractivity contribution is 0.0694. The van der Waals surface area contributed by atoms with Crippen LogP contribution in [-0.2, 0) is 0 Å². The zero-order valence-electron chi connectivity index (χ0n) is 14.1. The minimum atomic E-state index is -1.25. The monoisotopic (exact) mass is 363 g/mol. The molecule has 7 heteroatoms. The minimum absolute atomic E-state index is 0.133. The van der Waals surface area contributed by atoms with Gasteiger partial charge in [-0.1, -0.05) is 25.4 Å². The van der Waals surface area contributed by atoms with Crippen molar-refractivity contribution in [2.45, 2.75) is 19.9 Å². The molecule has 1 aromatic carbocycles. The molecule has 1 aliphatic heterocycles. The number of aromatic carboxylic acids is 1. The largest absolute Gasteiger partial charge is 0.495 e. The lowest BCUT2D eigenvalue weighted by atomic mass is 10.0. The third kappa shape index (κ3) is 2.98. The van der Waals surface area contributed by atoms with Crippen LogP contribution in [0.1, 0.15) is 30.2 Å². The lowest BCUT2D eigenvalue weighted by Gasteiger charge is -2.24. The molecule has 0 radical (unpaired) electrons. The van der Waals surface area contributed by atoms with Crippen molar-refractivity contribution in [1.29, 1.82) is 0 Å². The molecule has 0 unspecified atom stereocenters. The Hall–Kier alpha value is -2.47. The van der Waals surface area contributed by atoms with Crippen LogP contribution in [0.25, 0.3) is 11.3 Å². The number of carbonyl (C=O) groups is 1. The van der Waals surface area contributed by atoms with E-state index in [9.17, 15) is 14.7 Å². The summed E-state index contributed by atoms with van der Waals surface area (Å²) in [6.07, 6.45) is 1.39. The zero-order valence-corrected chi connectivity index (χ0v) is 14.8. The molecule has 1 aliphatic rings. The zero-order chi connectivity index (χ0) is 18.3. The summed E-state index contributed by atoms with van der Waals surface area (Å²) in [5.41, 5.74) is 0.382. The molecule has 0 saturated heterocycles. The number of benzene rings is 1. The Morgan fingerprint density at radius 1 is 1.40 bits per heavy atom. The Bertz CT molecular complexity index is 903. The number of methoxy groups -OCH3 is 1. The highest BCUT2D eigenvalue weighted by atomic mass is 35.5. The minimum Gasteiger partial charge on any atom is -0.495 e. The second-order valence-electron chi connectivity index (χ2n) is 6.25. The summed E-state index contributed by atoms with van der Waals surface area (Å²) >= 11 is 6.24. The molecule has 3 rings (SSSR count). The molecule has 1 aromatic heterocycles. The van der Waals surface area contributed by atoms with E-state index in [1.165, 1.54) is 19.4 Å². The molecule has 2 heterocycles. The molecule has 0 saturated carbocycles. The van der Waals surface area contributed by atoms with Crippen molar-refractivity contribution in [2.75, 3.05) is 13.7 Å². The van der Waals surface area contributed by atoms with Crippen molar-refractivity contribution in [2.24, 2.45) is 5.92 Å². The first-order chi connectivity index (χ1) is 11.8. The first kappa shape index (κ1) is 17.4. The first-order valence-electron chi connectivity index (χ1n) is 7.83. The van der Waals surface area contributed by atoms with E-state index in [0.29, 0.717) is 34.4 Å². The molecule has 1 N–H and O–H groups in total. The number of nitrogens with zero attached hydrogens (tertiary/aromatic N) is 1. The van der Waals surface area contributed by atoms with Crippen molar-refractivity contribution in [1.82, 2.24) is 4.57 Å². The summed E-state index contributed by atoms with van der Waals surface area (Å²) < 4.78 is 13.0. The smallest absolute Gasteiger partial charge is 0.341 e. The highest BCUT2D eigenvalue weighted by molar-refractivity contribution is 6.32. The third-order valence-electron chi connectivity index (χ3n) is 4.38. The molecule has 2 aromatic rings. The fourth-order valence-corrected chi connectivity index (χ4v) is 3.22. The predicted octanol–water partition coefficient (Wildman–Crippen LogP) is 3.47. The third-order valence-corrected chi connectivity index (χ3v) is 4.67. The number of carboxylic acids is 1. The predicted molar refractivity (Wildman–Crippen MR) is 94.0 cm³/mol. The Morgan fingerprint density at radius 3 is 2.72 bits per heavy atom. The summed E-state index contributed by atoms with van der Waals surface area (Å²) in [6.45, 7) is 4.37. The summed E-state index contributed by atoms with van der Waals surface area (Å²) in [5, 5.41) is 9.67. The Kier molecular flexibility index (Phi) is 4.47. The van der Waals surface area contributed by atoms with E-state index in [2.05, 4.69) is 0 Å². The van der Waals surface area contributed by atoms with E-state index in [1.54, 1.807) is 16.7 Å². The number of rotatable bonds is 3. The van der Waals surface area contributed by atoms with Crippen LogP contribution in [0, 0.1) is 5.92 Å². The van der Waals surface area contributed by atoms with Gasteiger partial charge >= 0.3 is 5.97 Å². The van der Waals surface area contributed by atoms with Crippen LogP contribution in [0.3, 0.4) is 0 Å². The normalized spacial score (nSPS) is 15.8. The topological polar surface area (TPSA) is 77.8 Å². The second-order valence-corrected chi connectivity index (χ2v) is 6.66. The Labute approximate surface area is 149 Å². The lowest BCUT2D eigenvalue weighted by Crippen LogP contribution is -2.25. The van der Waals surface area contributed by atoms with E-state index in [-0.39, 0.29) is 17.5 Å². The fourth-order valence-electron chi connectivity index (χ4n) is 2.98. The van der Waals surface area contributed by atoms with Crippen LogP contribution in [-0.4, -0.2) is 29.4 Å². The Morgan fingerprint density at radius 2 is 2.12 bits per heavy atom. The quantitative estimate of drug-likeness (QED) is 0.903. The number of carboxylic acid groups (broad SMARTS) is 1. The van der Waals surface area contributed by atoms with Crippen LogP contribution in [0.4, 0.5) is 0 Å². The summed E-state index contributed by atoms with van der Waals surface area (Å²) in [4.78, 5) is 23.6. The van der Waals surface area contributed by atoms with Gasteiger partial charge in [-0.2, -0.15) is 0 Å². The number of pyridine rings is 1. The summed E-state index contributed by atoms with van der Waals surface area (Å²) in [7, 11) is 1.51. The first-order valence-corrected chi connectivity index (χ1v) is 8.21. The van der Waals surface area contributed by atoms with Gasteiger partial charge in [0.2, 0.25) is 0 Å². The van der Waals surface area contributed by atoms with E-state index >= 15 is 0 Å². The molecule has 132 valence electrons. The van der Waals surface area contributed by atoms with Crippen molar-refractivity contribution in [3.8, 4) is 22.8 Å². The van der Waals surface area contributed by atoms with Gasteiger partial charge in [0, 0.05) is 23.9 Å². The molecule has 0 spiro atoms. The van der Waals surface area contributed by atoms with E-state index in [0.717, 1.165) is 0 Å². The van der Waals surface area contributed by atoms with Crippen LogP contribution >= 0.6 is 11.6 Å². The number of halogens is 1. The SMILES string of the molecule is COc1cc2c(cc1Cl)-c1cc(=O)c(C(=O)O)cn1[C@@H](C(C)C)CO2. The molecule has 0 aliphatic carbocycles. The van der Waals surface area contributed by atoms with Crippen molar-refractivity contribution in [3.63, 3.8) is 0 Å². The average Bonchev–Trinajstić information content (AvgIpc) is 2.70. The van der Waals surface area contributed by atoms with Crippen LogP contribution in [0.15, 0.2) is 29.2 Å². The van der Waals surface area contributed by atoms with Gasteiger partial charge in [0.1, 0.15) is 23.7 Å². The van der Waals surface area contributed by atoms with Gasteiger partial charge in [-0.15, -0.1) is 0 Å². The van der Waals surface area contributed by atoms with Gasteiger partial charge in [0.25, 0.3) is 0 Å². The molecule has 0 amide bonds. The number of aromatic nitrogens is 1. The fraction of sp³-hybridized carbons (Fsp3) is 0.333. The van der Waals surface area contributed by atoms with Crippen molar-refractivity contribution < 1.29 is 19.4 Å². The number of ether oxygens (including phenoxy) is 2. The summed E-state index contributed by atoms with van der Waals surface area (Å²) in [5.74, 6) is -0.0735. The van der Waals surface area contributed by atoms with E-state index < -0.39 is 11.4 Å². The number of hydrogen-bond donors (Lipinski definition) is 1. The van der Waals surface area contributed by atoms with Crippen LogP contribution < -0.4 is 14.9 Å². The molecule has 0 bridgehead atoms. The highest BCUT2D eigenvalue weighted by Gasteiger charge is 2.27. The summed E-state index contributed by atoms with van der Waals surface area (Å²) in [6, 6.07) is 4.55.